The maximum Gasteiger partial charge on any atom is 0.0634 e. The maximum atomic E-state index is 5.39. The second-order valence-corrected chi connectivity index (χ2v) is 6.41. The van der Waals surface area contributed by atoms with Gasteiger partial charge in [0.1, 0.15) is 0 Å². The molecule has 0 aromatic heterocycles. The number of rotatable bonds is 7. The van der Waals surface area contributed by atoms with Crippen LogP contribution in [0.4, 0.5) is 0 Å². The van der Waals surface area contributed by atoms with Crippen LogP contribution in [0.1, 0.15) is 39.5 Å². The molecule has 15 heavy (non-hydrogen) atoms. The van der Waals surface area contributed by atoms with Gasteiger partial charge in [0.2, 0.25) is 0 Å². The fourth-order valence-electron chi connectivity index (χ4n) is 1.83. The van der Waals surface area contributed by atoms with Gasteiger partial charge in [0.25, 0.3) is 0 Å². The SMILES string of the molecule is COC(C)(C)CCNCC1(SC)CCC1. The van der Waals surface area contributed by atoms with E-state index in [-0.39, 0.29) is 5.60 Å². The lowest BCUT2D eigenvalue weighted by Gasteiger charge is -2.40. The Morgan fingerprint density at radius 3 is 2.47 bits per heavy atom. The van der Waals surface area contributed by atoms with Crippen molar-refractivity contribution < 1.29 is 4.74 Å². The zero-order valence-electron chi connectivity index (χ0n) is 10.6. The van der Waals surface area contributed by atoms with Crippen molar-refractivity contribution in [3.05, 3.63) is 0 Å². The van der Waals surface area contributed by atoms with E-state index in [1.165, 1.54) is 19.3 Å². The van der Waals surface area contributed by atoms with E-state index >= 15 is 0 Å². The third-order valence-corrected chi connectivity index (χ3v) is 5.02. The van der Waals surface area contributed by atoms with Crippen molar-refractivity contribution in [3.63, 3.8) is 0 Å². The highest BCUT2D eigenvalue weighted by Gasteiger charge is 2.35. The first kappa shape index (κ1) is 13.3. The van der Waals surface area contributed by atoms with Crippen molar-refractivity contribution in [2.75, 3.05) is 26.5 Å². The molecule has 0 amide bonds. The average molecular weight is 231 g/mol. The molecule has 0 heterocycles. The Hall–Kier alpha value is 0.270. The van der Waals surface area contributed by atoms with Gasteiger partial charge in [-0.05, 0) is 45.9 Å². The standard InChI is InChI=1S/C12H25NOS/c1-11(2,14-3)8-9-13-10-12(15-4)6-5-7-12/h13H,5-10H2,1-4H3. The smallest absolute Gasteiger partial charge is 0.0634 e. The van der Waals surface area contributed by atoms with Crippen LogP contribution < -0.4 is 5.32 Å². The molecule has 1 fully saturated rings. The van der Waals surface area contributed by atoms with Crippen molar-refractivity contribution in [2.45, 2.75) is 49.9 Å². The molecule has 0 spiro atoms. The third-order valence-electron chi connectivity index (χ3n) is 3.60. The van der Waals surface area contributed by atoms with Gasteiger partial charge in [-0.2, -0.15) is 11.8 Å². The molecule has 0 saturated heterocycles. The minimum atomic E-state index is 0.0130. The molecule has 0 unspecified atom stereocenters. The molecule has 0 atom stereocenters. The number of hydrogen-bond donors (Lipinski definition) is 1. The molecular formula is C12H25NOS. The lowest BCUT2D eigenvalue weighted by molar-refractivity contribution is 0.0157. The second kappa shape index (κ2) is 5.55. The predicted octanol–water partition coefficient (Wildman–Crippen LogP) is 2.68. The summed E-state index contributed by atoms with van der Waals surface area (Å²) in [6, 6.07) is 0. The third kappa shape index (κ3) is 3.97. The number of nitrogens with one attached hydrogen (secondary N) is 1. The van der Waals surface area contributed by atoms with Gasteiger partial charge in [0, 0.05) is 18.4 Å². The van der Waals surface area contributed by atoms with Crippen LogP contribution in [0, 0.1) is 0 Å². The van der Waals surface area contributed by atoms with Gasteiger partial charge in [-0.3, -0.25) is 0 Å². The minimum absolute atomic E-state index is 0.0130. The molecule has 1 aliphatic rings. The van der Waals surface area contributed by atoms with Gasteiger partial charge in [-0.25, -0.2) is 0 Å². The fraction of sp³-hybridized carbons (Fsp3) is 1.00. The molecule has 0 aliphatic heterocycles. The summed E-state index contributed by atoms with van der Waals surface area (Å²) in [5.74, 6) is 0. The maximum absolute atomic E-state index is 5.39. The molecule has 1 rings (SSSR count). The van der Waals surface area contributed by atoms with Crippen LogP contribution in [0.15, 0.2) is 0 Å². The van der Waals surface area contributed by atoms with E-state index in [1.54, 1.807) is 7.11 Å². The Morgan fingerprint density at radius 2 is 2.07 bits per heavy atom. The lowest BCUT2D eigenvalue weighted by atomic mass is 9.84. The highest BCUT2D eigenvalue weighted by Crippen LogP contribution is 2.42. The first-order valence-corrected chi connectivity index (χ1v) is 7.07. The highest BCUT2D eigenvalue weighted by atomic mass is 32.2. The summed E-state index contributed by atoms with van der Waals surface area (Å²) in [5, 5.41) is 3.57. The lowest BCUT2D eigenvalue weighted by Crippen LogP contribution is -2.44. The largest absolute Gasteiger partial charge is 0.379 e. The first-order valence-electron chi connectivity index (χ1n) is 5.85. The summed E-state index contributed by atoms with van der Waals surface area (Å²) in [5.41, 5.74) is 0.0130. The van der Waals surface area contributed by atoms with Crippen molar-refractivity contribution in [1.82, 2.24) is 5.32 Å². The van der Waals surface area contributed by atoms with E-state index in [4.69, 9.17) is 4.74 Å². The fourth-order valence-corrected chi connectivity index (χ4v) is 2.78. The number of thioether (sulfide) groups is 1. The molecule has 0 aromatic rings. The van der Waals surface area contributed by atoms with Gasteiger partial charge >= 0.3 is 0 Å². The molecule has 0 bridgehead atoms. The van der Waals surface area contributed by atoms with Crippen molar-refractivity contribution in [1.29, 1.82) is 0 Å². The van der Waals surface area contributed by atoms with Crippen LogP contribution in [0.25, 0.3) is 0 Å². The van der Waals surface area contributed by atoms with Gasteiger partial charge in [-0.1, -0.05) is 6.42 Å². The number of methoxy groups -OCH3 is 1. The molecule has 1 N–H and O–H groups in total. The van der Waals surface area contributed by atoms with E-state index in [1.807, 2.05) is 11.8 Å². The average Bonchev–Trinajstić information content (AvgIpc) is 2.16. The Balaban J connectivity index is 2.11. The summed E-state index contributed by atoms with van der Waals surface area (Å²) in [6.07, 6.45) is 7.49. The molecule has 2 nitrogen and oxygen atoms in total. The van der Waals surface area contributed by atoms with E-state index in [0.29, 0.717) is 4.75 Å². The van der Waals surface area contributed by atoms with Crippen LogP contribution in [-0.2, 0) is 4.74 Å². The Kier molecular flexibility index (Phi) is 4.94. The highest BCUT2D eigenvalue weighted by molar-refractivity contribution is 8.00. The van der Waals surface area contributed by atoms with Gasteiger partial charge in [-0.15, -0.1) is 0 Å². The second-order valence-electron chi connectivity index (χ2n) is 5.13. The van der Waals surface area contributed by atoms with Gasteiger partial charge < -0.3 is 10.1 Å². The summed E-state index contributed by atoms with van der Waals surface area (Å²) < 4.78 is 5.94. The quantitative estimate of drug-likeness (QED) is 0.681. The molecule has 0 aromatic carbocycles. The molecule has 1 aliphatic carbocycles. The summed E-state index contributed by atoms with van der Waals surface area (Å²) >= 11 is 2.03. The summed E-state index contributed by atoms with van der Waals surface area (Å²) in [7, 11) is 1.79. The van der Waals surface area contributed by atoms with Gasteiger partial charge in [0.15, 0.2) is 0 Å². The molecule has 3 heteroatoms. The Labute approximate surface area is 98.5 Å². The van der Waals surface area contributed by atoms with E-state index in [0.717, 1.165) is 19.5 Å². The Morgan fingerprint density at radius 1 is 1.40 bits per heavy atom. The number of hydrogen-bond acceptors (Lipinski definition) is 3. The van der Waals surface area contributed by atoms with Crippen LogP contribution in [0.2, 0.25) is 0 Å². The molecule has 0 radical (unpaired) electrons. The Bertz CT molecular complexity index is 185. The van der Waals surface area contributed by atoms with Crippen LogP contribution in [-0.4, -0.2) is 36.8 Å². The van der Waals surface area contributed by atoms with E-state index in [9.17, 15) is 0 Å². The van der Waals surface area contributed by atoms with Crippen molar-refractivity contribution >= 4 is 11.8 Å². The molecular weight excluding hydrogens is 206 g/mol. The first-order chi connectivity index (χ1) is 7.04. The zero-order chi connectivity index (χ0) is 11.4. The van der Waals surface area contributed by atoms with Crippen molar-refractivity contribution in [3.8, 4) is 0 Å². The van der Waals surface area contributed by atoms with Crippen LogP contribution >= 0.6 is 11.8 Å². The van der Waals surface area contributed by atoms with E-state index in [2.05, 4.69) is 25.4 Å². The molecule has 90 valence electrons. The zero-order valence-corrected chi connectivity index (χ0v) is 11.4. The van der Waals surface area contributed by atoms with Gasteiger partial charge in [0.05, 0.1) is 5.60 Å². The number of ether oxygens (including phenoxy) is 1. The van der Waals surface area contributed by atoms with Crippen molar-refractivity contribution in [2.24, 2.45) is 0 Å². The topological polar surface area (TPSA) is 21.3 Å². The monoisotopic (exact) mass is 231 g/mol. The summed E-state index contributed by atoms with van der Waals surface area (Å²) in [4.78, 5) is 0. The normalized spacial score (nSPS) is 20.0. The predicted molar refractivity (Wildman–Crippen MR) is 68.7 cm³/mol. The minimum Gasteiger partial charge on any atom is -0.379 e. The summed E-state index contributed by atoms with van der Waals surface area (Å²) in [6.45, 7) is 6.50. The van der Waals surface area contributed by atoms with Crippen LogP contribution in [0.3, 0.4) is 0 Å². The molecule has 1 saturated carbocycles. The van der Waals surface area contributed by atoms with E-state index < -0.39 is 0 Å². The van der Waals surface area contributed by atoms with Crippen LogP contribution in [0.5, 0.6) is 0 Å².